The average Bonchev–Trinajstić information content (AvgIpc) is 3.05. The quantitative estimate of drug-likeness (QED) is 0.227. The molecule has 0 saturated carbocycles. The zero-order chi connectivity index (χ0) is 30.8. The van der Waals surface area contributed by atoms with Gasteiger partial charge in [0.2, 0.25) is 0 Å². The highest BCUT2D eigenvalue weighted by Gasteiger charge is 2.18. The van der Waals surface area contributed by atoms with Crippen LogP contribution in [-0.2, 0) is 28.6 Å². The van der Waals surface area contributed by atoms with Gasteiger partial charge in [-0.1, -0.05) is 84.9 Å². The molecule has 0 fully saturated rings. The van der Waals surface area contributed by atoms with Gasteiger partial charge in [0.15, 0.2) is 21.3 Å². The van der Waals surface area contributed by atoms with Gasteiger partial charge in [-0.3, -0.25) is 9.59 Å². The second-order valence-corrected chi connectivity index (χ2v) is 12.3. The van der Waals surface area contributed by atoms with E-state index in [4.69, 9.17) is 9.47 Å². The van der Waals surface area contributed by atoms with Gasteiger partial charge in [0, 0.05) is 29.1 Å². The van der Waals surface area contributed by atoms with E-state index in [0.29, 0.717) is 59.8 Å². The van der Waals surface area contributed by atoms with Crippen LogP contribution in [0.15, 0.2) is 115 Å². The van der Waals surface area contributed by atoms with Gasteiger partial charge in [-0.25, -0.2) is 8.42 Å². The number of fused-ring (bicyclic) bond motifs is 1. The standard InChI is InChI=1S/C35H34N2O6S/c38-34(28-16-18-32-33(23-28)43-21-20-42-32)36-24-29-13-7-8-14-31(29)35(39)37-30(17-15-26-9-3-1-4-10-26)19-22-44(40,41)25-27-11-5-2-6-12-27/h1-14,16,18-19,22-23,30H,15,17,20-21,24-25H2,(H,36,38)(H,37,39)/b22-19+/t30-/m0/s1. The number of carbonyl (C=O) groups is 2. The fourth-order valence-electron chi connectivity index (χ4n) is 4.86. The maximum atomic E-state index is 13.5. The molecule has 2 N–H and O–H groups in total. The Labute approximate surface area is 257 Å². The van der Waals surface area contributed by atoms with Crippen molar-refractivity contribution >= 4 is 21.7 Å². The van der Waals surface area contributed by atoms with E-state index in [9.17, 15) is 18.0 Å². The third-order valence-corrected chi connectivity index (χ3v) is 8.45. The Morgan fingerprint density at radius 2 is 1.43 bits per heavy atom. The second kappa shape index (κ2) is 14.5. The molecule has 0 aromatic heterocycles. The molecule has 2 amide bonds. The highest BCUT2D eigenvalue weighted by molar-refractivity contribution is 7.93. The first-order chi connectivity index (χ1) is 21.4. The lowest BCUT2D eigenvalue weighted by Crippen LogP contribution is -2.35. The molecule has 1 aliphatic heterocycles. The third kappa shape index (κ3) is 8.58. The van der Waals surface area contributed by atoms with Crippen LogP contribution in [0.25, 0.3) is 0 Å². The predicted octanol–water partition coefficient (Wildman–Crippen LogP) is 5.25. The number of benzene rings is 4. The van der Waals surface area contributed by atoms with Crippen LogP contribution in [0.1, 0.15) is 43.8 Å². The summed E-state index contributed by atoms with van der Waals surface area (Å²) < 4.78 is 36.9. The van der Waals surface area contributed by atoms with Crippen LogP contribution in [0, 0.1) is 0 Å². The lowest BCUT2D eigenvalue weighted by atomic mass is 10.0. The Kier molecular flexibility index (Phi) is 10.1. The van der Waals surface area contributed by atoms with Crippen LogP contribution in [0.4, 0.5) is 0 Å². The number of sulfone groups is 1. The number of hydrogen-bond acceptors (Lipinski definition) is 6. The molecule has 0 saturated heterocycles. The molecule has 1 atom stereocenters. The number of ether oxygens (including phenoxy) is 2. The molecule has 8 nitrogen and oxygen atoms in total. The molecule has 0 spiro atoms. The van der Waals surface area contributed by atoms with Crippen molar-refractivity contribution in [1.82, 2.24) is 10.6 Å². The molecule has 9 heteroatoms. The van der Waals surface area contributed by atoms with Gasteiger partial charge in [-0.2, -0.15) is 0 Å². The van der Waals surface area contributed by atoms with E-state index < -0.39 is 15.9 Å². The van der Waals surface area contributed by atoms with Crippen LogP contribution < -0.4 is 20.1 Å². The SMILES string of the molecule is O=C(NCc1ccccc1C(=O)N[C@H](/C=C/S(=O)(=O)Cc1ccccc1)CCc1ccccc1)c1ccc2c(c1)OCCO2. The number of nitrogens with one attached hydrogen (secondary N) is 2. The zero-order valence-electron chi connectivity index (χ0n) is 24.1. The normalized spacial score (nSPS) is 13.3. The topological polar surface area (TPSA) is 111 Å². The van der Waals surface area contributed by atoms with E-state index in [1.807, 2.05) is 36.4 Å². The molecule has 226 valence electrons. The summed E-state index contributed by atoms with van der Waals surface area (Å²) in [5.41, 5.74) is 3.20. The number of carbonyl (C=O) groups excluding carboxylic acids is 2. The second-order valence-electron chi connectivity index (χ2n) is 10.4. The highest BCUT2D eigenvalue weighted by Crippen LogP contribution is 2.30. The Hall–Kier alpha value is -4.89. The van der Waals surface area contributed by atoms with Crippen molar-refractivity contribution in [2.75, 3.05) is 13.2 Å². The van der Waals surface area contributed by atoms with Crippen molar-refractivity contribution in [3.8, 4) is 11.5 Å². The smallest absolute Gasteiger partial charge is 0.252 e. The Morgan fingerprint density at radius 1 is 0.773 bits per heavy atom. The summed E-state index contributed by atoms with van der Waals surface area (Å²) in [7, 11) is -3.57. The largest absolute Gasteiger partial charge is 0.486 e. The van der Waals surface area contributed by atoms with Crippen LogP contribution in [0.2, 0.25) is 0 Å². The summed E-state index contributed by atoms with van der Waals surface area (Å²) in [6.45, 7) is 0.998. The molecule has 0 aliphatic carbocycles. The molecule has 1 aliphatic rings. The van der Waals surface area contributed by atoms with Crippen LogP contribution in [0.3, 0.4) is 0 Å². The highest BCUT2D eigenvalue weighted by atomic mass is 32.2. The molecule has 0 radical (unpaired) electrons. The number of aryl methyl sites for hydroxylation is 1. The van der Waals surface area contributed by atoms with Crippen molar-refractivity contribution in [3.63, 3.8) is 0 Å². The van der Waals surface area contributed by atoms with Gasteiger partial charge in [0.1, 0.15) is 13.2 Å². The van der Waals surface area contributed by atoms with Gasteiger partial charge in [-0.05, 0) is 53.8 Å². The molecule has 4 aromatic rings. The summed E-state index contributed by atoms with van der Waals surface area (Å²) in [5, 5.41) is 7.07. The lowest BCUT2D eigenvalue weighted by Gasteiger charge is -2.19. The van der Waals surface area contributed by atoms with Crippen LogP contribution >= 0.6 is 0 Å². The van der Waals surface area contributed by atoms with Crippen molar-refractivity contribution < 1.29 is 27.5 Å². The number of amides is 2. The van der Waals surface area contributed by atoms with Crippen LogP contribution in [-0.4, -0.2) is 39.5 Å². The molecule has 0 unspecified atom stereocenters. The van der Waals surface area contributed by atoms with E-state index in [2.05, 4.69) is 10.6 Å². The maximum absolute atomic E-state index is 13.5. The first-order valence-corrected chi connectivity index (χ1v) is 16.1. The van der Waals surface area contributed by atoms with Crippen molar-refractivity contribution in [2.45, 2.75) is 31.2 Å². The minimum Gasteiger partial charge on any atom is -0.486 e. The number of hydrogen-bond donors (Lipinski definition) is 2. The maximum Gasteiger partial charge on any atom is 0.252 e. The minimum absolute atomic E-state index is 0.118. The number of rotatable bonds is 12. The summed E-state index contributed by atoms with van der Waals surface area (Å²) in [4.78, 5) is 26.5. The van der Waals surface area contributed by atoms with Crippen molar-refractivity contribution in [3.05, 3.63) is 142 Å². The fraction of sp³-hybridized carbons (Fsp3) is 0.200. The van der Waals surface area contributed by atoms with E-state index in [1.54, 1.807) is 72.8 Å². The first kappa shape index (κ1) is 30.6. The van der Waals surface area contributed by atoms with Gasteiger partial charge >= 0.3 is 0 Å². The fourth-order valence-corrected chi connectivity index (χ4v) is 6.04. The molecule has 5 rings (SSSR count). The molecular weight excluding hydrogens is 576 g/mol. The molecule has 0 bridgehead atoms. The minimum atomic E-state index is -3.57. The van der Waals surface area contributed by atoms with Gasteiger partial charge < -0.3 is 20.1 Å². The summed E-state index contributed by atoms with van der Waals surface area (Å²) in [6.07, 6.45) is 2.68. The van der Waals surface area contributed by atoms with Crippen molar-refractivity contribution in [2.24, 2.45) is 0 Å². The van der Waals surface area contributed by atoms with Crippen LogP contribution in [0.5, 0.6) is 11.5 Å². The van der Waals surface area contributed by atoms with Gasteiger partial charge in [-0.15, -0.1) is 0 Å². The summed E-state index contributed by atoms with van der Waals surface area (Å²) in [5.74, 6) is 0.305. The summed E-state index contributed by atoms with van der Waals surface area (Å²) >= 11 is 0. The van der Waals surface area contributed by atoms with E-state index in [-0.39, 0.29) is 24.1 Å². The molecule has 1 heterocycles. The monoisotopic (exact) mass is 610 g/mol. The molecule has 4 aromatic carbocycles. The molecule has 44 heavy (non-hydrogen) atoms. The van der Waals surface area contributed by atoms with E-state index >= 15 is 0 Å². The van der Waals surface area contributed by atoms with E-state index in [0.717, 1.165) is 5.56 Å². The Balaban J connectivity index is 1.28. The zero-order valence-corrected chi connectivity index (χ0v) is 25.0. The summed E-state index contributed by atoms with van der Waals surface area (Å²) in [6, 6.07) is 30.2. The third-order valence-electron chi connectivity index (χ3n) is 7.14. The first-order valence-electron chi connectivity index (χ1n) is 14.4. The Morgan fingerprint density at radius 3 is 2.18 bits per heavy atom. The molecular formula is C35H34N2O6S. The average molecular weight is 611 g/mol. The lowest BCUT2D eigenvalue weighted by molar-refractivity contribution is 0.0929. The van der Waals surface area contributed by atoms with E-state index in [1.165, 1.54) is 5.41 Å². The van der Waals surface area contributed by atoms with Gasteiger partial charge in [0.25, 0.3) is 11.8 Å². The predicted molar refractivity (Wildman–Crippen MR) is 169 cm³/mol. The Bertz CT molecular complexity index is 1720. The van der Waals surface area contributed by atoms with Gasteiger partial charge in [0.05, 0.1) is 5.75 Å². The van der Waals surface area contributed by atoms with Crippen molar-refractivity contribution in [1.29, 1.82) is 0 Å².